The van der Waals surface area contributed by atoms with Crippen LogP contribution in [0.25, 0.3) is 0 Å². The predicted octanol–water partition coefficient (Wildman–Crippen LogP) is 1.63. The van der Waals surface area contributed by atoms with Gasteiger partial charge in [0.05, 0.1) is 5.92 Å². The minimum absolute atomic E-state index is 0.104. The van der Waals surface area contributed by atoms with E-state index in [1.807, 2.05) is 30.3 Å². The van der Waals surface area contributed by atoms with Crippen LogP contribution in [-0.2, 0) is 4.79 Å². The van der Waals surface area contributed by atoms with Crippen molar-refractivity contribution < 1.29 is 4.79 Å². The molecule has 19 heavy (non-hydrogen) atoms. The third-order valence-corrected chi connectivity index (χ3v) is 4.05. The lowest BCUT2D eigenvalue weighted by Gasteiger charge is -2.27. The highest BCUT2D eigenvalue weighted by Crippen LogP contribution is 2.25. The molecular weight excluding hydrogens is 238 g/mol. The molecule has 2 atom stereocenters. The molecule has 2 unspecified atom stereocenters. The normalized spacial score (nSPS) is 21.3. The number of carbonyl (C=O) groups excluding carboxylic acids is 1. The smallest absolute Gasteiger partial charge is 0.242 e. The number of rotatable bonds is 5. The van der Waals surface area contributed by atoms with Crippen LogP contribution in [0.1, 0.15) is 37.7 Å². The number of hydrogen-bond acceptors (Lipinski definition) is 3. The number of nitrogens with one attached hydrogen (secondary N) is 1. The van der Waals surface area contributed by atoms with Crippen molar-refractivity contribution in [2.24, 2.45) is 5.84 Å². The van der Waals surface area contributed by atoms with Gasteiger partial charge in [-0.3, -0.25) is 15.1 Å². The van der Waals surface area contributed by atoms with Gasteiger partial charge in [0.2, 0.25) is 5.91 Å². The first kappa shape index (κ1) is 14.0. The number of benzene rings is 1. The Bertz CT molecular complexity index is 407. The average molecular weight is 261 g/mol. The Labute approximate surface area is 114 Å². The average Bonchev–Trinajstić information content (AvgIpc) is 2.92. The van der Waals surface area contributed by atoms with Crippen molar-refractivity contribution in [2.45, 2.75) is 38.1 Å². The Balaban J connectivity index is 2.13. The maximum atomic E-state index is 12.0. The number of carbonyl (C=O) groups is 1. The van der Waals surface area contributed by atoms with Crippen molar-refractivity contribution >= 4 is 5.91 Å². The van der Waals surface area contributed by atoms with Crippen LogP contribution in [-0.4, -0.2) is 29.9 Å². The molecule has 1 aromatic carbocycles. The summed E-state index contributed by atoms with van der Waals surface area (Å²) in [6.07, 6.45) is 3.61. The Morgan fingerprint density at radius 1 is 1.47 bits per heavy atom. The third-order valence-electron chi connectivity index (χ3n) is 4.05. The Kier molecular flexibility index (Phi) is 4.93. The van der Waals surface area contributed by atoms with E-state index in [0.717, 1.165) is 25.1 Å². The molecule has 104 valence electrons. The van der Waals surface area contributed by atoms with Gasteiger partial charge in [0.25, 0.3) is 0 Å². The molecule has 1 heterocycles. The van der Waals surface area contributed by atoms with Crippen molar-refractivity contribution in [3.63, 3.8) is 0 Å². The second-order valence-electron chi connectivity index (χ2n) is 5.17. The van der Waals surface area contributed by atoms with Gasteiger partial charge in [0, 0.05) is 12.6 Å². The summed E-state index contributed by atoms with van der Waals surface area (Å²) in [5, 5.41) is 0. The Hall–Kier alpha value is -1.39. The Morgan fingerprint density at radius 3 is 2.84 bits per heavy atom. The zero-order valence-corrected chi connectivity index (χ0v) is 11.5. The SMILES string of the molecule is CCC1CCCN1CC(C(=O)NN)c1ccccc1. The Morgan fingerprint density at radius 2 is 2.21 bits per heavy atom. The fourth-order valence-electron chi connectivity index (χ4n) is 2.96. The second-order valence-corrected chi connectivity index (χ2v) is 5.17. The molecule has 1 amide bonds. The van der Waals surface area contributed by atoms with E-state index in [-0.39, 0.29) is 11.8 Å². The summed E-state index contributed by atoms with van der Waals surface area (Å²) >= 11 is 0. The third kappa shape index (κ3) is 3.33. The fourth-order valence-corrected chi connectivity index (χ4v) is 2.96. The minimum atomic E-state index is -0.182. The van der Waals surface area contributed by atoms with Gasteiger partial charge in [0.15, 0.2) is 0 Å². The number of hydrazine groups is 1. The number of amides is 1. The quantitative estimate of drug-likeness (QED) is 0.481. The maximum absolute atomic E-state index is 12.0. The molecular formula is C15H23N3O. The van der Waals surface area contributed by atoms with Crippen molar-refractivity contribution in [3.05, 3.63) is 35.9 Å². The summed E-state index contributed by atoms with van der Waals surface area (Å²) in [7, 11) is 0. The largest absolute Gasteiger partial charge is 0.299 e. The van der Waals surface area contributed by atoms with Gasteiger partial charge in [-0.05, 0) is 31.4 Å². The second kappa shape index (κ2) is 6.68. The van der Waals surface area contributed by atoms with E-state index < -0.39 is 0 Å². The van der Waals surface area contributed by atoms with E-state index in [1.54, 1.807) is 0 Å². The topological polar surface area (TPSA) is 58.4 Å². The molecule has 4 nitrogen and oxygen atoms in total. The zero-order chi connectivity index (χ0) is 13.7. The van der Waals surface area contributed by atoms with E-state index in [4.69, 9.17) is 5.84 Å². The molecule has 0 spiro atoms. The number of likely N-dealkylation sites (tertiary alicyclic amines) is 1. The van der Waals surface area contributed by atoms with Crippen LogP contribution < -0.4 is 11.3 Å². The van der Waals surface area contributed by atoms with E-state index >= 15 is 0 Å². The van der Waals surface area contributed by atoms with Crippen molar-refractivity contribution in [2.75, 3.05) is 13.1 Å². The zero-order valence-electron chi connectivity index (χ0n) is 11.5. The summed E-state index contributed by atoms with van der Waals surface area (Å²) in [5.41, 5.74) is 3.34. The molecule has 0 radical (unpaired) electrons. The molecule has 2 rings (SSSR count). The summed E-state index contributed by atoms with van der Waals surface area (Å²) in [6, 6.07) is 10.5. The first-order valence-corrected chi connectivity index (χ1v) is 7.05. The van der Waals surface area contributed by atoms with Crippen LogP contribution in [0.2, 0.25) is 0 Å². The molecule has 1 saturated heterocycles. The van der Waals surface area contributed by atoms with Crippen LogP contribution >= 0.6 is 0 Å². The van der Waals surface area contributed by atoms with Gasteiger partial charge in [-0.2, -0.15) is 0 Å². The molecule has 1 aliphatic rings. The van der Waals surface area contributed by atoms with Gasteiger partial charge < -0.3 is 0 Å². The van der Waals surface area contributed by atoms with E-state index in [0.29, 0.717) is 6.04 Å². The lowest BCUT2D eigenvalue weighted by atomic mass is 9.97. The highest BCUT2D eigenvalue weighted by Gasteiger charge is 2.29. The number of hydrogen-bond donors (Lipinski definition) is 2. The number of nitrogens with two attached hydrogens (primary N) is 1. The molecule has 1 aliphatic heterocycles. The van der Waals surface area contributed by atoms with E-state index in [1.165, 1.54) is 12.8 Å². The summed E-state index contributed by atoms with van der Waals surface area (Å²) in [6.45, 7) is 4.05. The van der Waals surface area contributed by atoms with Crippen LogP contribution in [0.5, 0.6) is 0 Å². The lowest BCUT2D eigenvalue weighted by molar-refractivity contribution is -0.123. The molecule has 1 aromatic rings. The van der Waals surface area contributed by atoms with Gasteiger partial charge in [0.1, 0.15) is 0 Å². The van der Waals surface area contributed by atoms with Crippen LogP contribution in [0.15, 0.2) is 30.3 Å². The highest BCUT2D eigenvalue weighted by molar-refractivity contribution is 5.83. The molecule has 0 aliphatic carbocycles. The fraction of sp³-hybridized carbons (Fsp3) is 0.533. The van der Waals surface area contributed by atoms with Crippen molar-refractivity contribution in [3.8, 4) is 0 Å². The molecule has 4 heteroatoms. The van der Waals surface area contributed by atoms with Crippen molar-refractivity contribution in [1.82, 2.24) is 10.3 Å². The van der Waals surface area contributed by atoms with E-state index in [2.05, 4.69) is 17.2 Å². The first-order chi connectivity index (χ1) is 9.26. The summed E-state index contributed by atoms with van der Waals surface area (Å²) in [4.78, 5) is 14.5. The molecule has 3 N–H and O–H groups in total. The standard InChI is InChI=1S/C15H23N3O/c1-2-13-9-6-10-18(13)11-14(15(19)17-16)12-7-4-3-5-8-12/h3-5,7-8,13-14H,2,6,9-11,16H2,1H3,(H,17,19). The van der Waals surface area contributed by atoms with Crippen molar-refractivity contribution in [1.29, 1.82) is 0 Å². The maximum Gasteiger partial charge on any atom is 0.242 e. The molecule has 0 saturated carbocycles. The van der Waals surface area contributed by atoms with Gasteiger partial charge in [-0.25, -0.2) is 5.84 Å². The minimum Gasteiger partial charge on any atom is -0.299 e. The van der Waals surface area contributed by atoms with Gasteiger partial charge in [-0.15, -0.1) is 0 Å². The summed E-state index contributed by atoms with van der Waals surface area (Å²) in [5.74, 6) is 5.05. The van der Waals surface area contributed by atoms with Gasteiger partial charge >= 0.3 is 0 Å². The summed E-state index contributed by atoms with van der Waals surface area (Å²) < 4.78 is 0. The van der Waals surface area contributed by atoms with Crippen LogP contribution in [0.3, 0.4) is 0 Å². The monoisotopic (exact) mass is 261 g/mol. The molecule has 1 fully saturated rings. The predicted molar refractivity (Wildman–Crippen MR) is 76.4 cm³/mol. The van der Waals surface area contributed by atoms with Crippen LogP contribution in [0, 0.1) is 0 Å². The number of nitrogens with zero attached hydrogens (tertiary/aromatic N) is 1. The van der Waals surface area contributed by atoms with Gasteiger partial charge in [-0.1, -0.05) is 37.3 Å². The molecule has 0 aromatic heterocycles. The first-order valence-electron chi connectivity index (χ1n) is 7.05. The highest BCUT2D eigenvalue weighted by atomic mass is 16.2. The van der Waals surface area contributed by atoms with E-state index in [9.17, 15) is 4.79 Å². The lowest BCUT2D eigenvalue weighted by Crippen LogP contribution is -2.41. The molecule has 0 bridgehead atoms. The van der Waals surface area contributed by atoms with Crippen LogP contribution in [0.4, 0.5) is 0 Å².